The molecule has 0 aromatic heterocycles. The van der Waals surface area contributed by atoms with E-state index in [9.17, 15) is 13.6 Å². The summed E-state index contributed by atoms with van der Waals surface area (Å²) in [4.78, 5) is 10.2. The summed E-state index contributed by atoms with van der Waals surface area (Å²) in [6.45, 7) is 0. The van der Waals surface area contributed by atoms with Crippen molar-refractivity contribution in [1.82, 2.24) is 0 Å². The topological polar surface area (TPSA) is 37.3 Å². The van der Waals surface area contributed by atoms with Crippen LogP contribution in [-0.2, 0) is 11.2 Å². The van der Waals surface area contributed by atoms with E-state index in [1.165, 1.54) is 6.07 Å². The molecule has 4 heteroatoms. The van der Waals surface area contributed by atoms with E-state index in [0.29, 0.717) is 31.2 Å². The first-order valence-corrected chi connectivity index (χ1v) is 5.25. The second kappa shape index (κ2) is 6.20. The third kappa shape index (κ3) is 4.38. The number of carbonyl (C=O) groups is 1. The van der Waals surface area contributed by atoms with Gasteiger partial charge in [0.1, 0.15) is 11.6 Å². The smallest absolute Gasteiger partial charge is 0.303 e. The zero-order valence-electron chi connectivity index (χ0n) is 8.88. The molecule has 0 amide bonds. The molecule has 0 unspecified atom stereocenters. The van der Waals surface area contributed by atoms with Gasteiger partial charge >= 0.3 is 5.97 Å². The lowest BCUT2D eigenvalue weighted by atomic mass is 10.1. The van der Waals surface area contributed by atoms with Crippen LogP contribution in [0, 0.1) is 11.6 Å². The van der Waals surface area contributed by atoms with Crippen molar-refractivity contribution in [1.29, 1.82) is 0 Å². The quantitative estimate of drug-likeness (QED) is 0.759. The zero-order valence-corrected chi connectivity index (χ0v) is 8.88. The van der Waals surface area contributed by atoms with E-state index in [2.05, 4.69) is 0 Å². The van der Waals surface area contributed by atoms with Gasteiger partial charge in [0.25, 0.3) is 0 Å². The van der Waals surface area contributed by atoms with Crippen molar-refractivity contribution in [2.75, 3.05) is 0 Å². The number of aliphatic carboxylic acids is 1. The van der Waals surface area contributed by atoms with Gasteiger partial charge in [-0.15, -0.1) is 0 Å². The Morgan fingerprint density at radius 2 is 1.94 bits per heavy atom. The van der Waals surface area contributed by atoms with E-state index < -0.39 is 17.6 Å². The molecular formula is C12H14F2O2. The molecule has 2 nitrogen and oxygen atoms in total. The third-order valence-electron chi connectivity index (χ3n) is 2.34. The number of carboxylic acids is 1. The molecule has 16 heavy (non-hydrogen) atoms. The van der Waals surface area contributed by atoms with E-state index in [1.807, 2.05) is 0 Å². The SMILES string of the molecule is O=C(O)CCCCCc1cc(F)ccc1F. The number of halogens is 2. The van der Waals surface area contributed by atoms with Crippen LogP contribution in [0.15, 0.2) is 18.2 Å². The minimum atomic E-state index is -0.822. The van der Waals surface area contributed by atoms with Crippen LogP contribution in [0.1, 0.15) is 31.2 Å². The van der Waals surface area contributed by atoms with Gasteiger partial charge in [-0.2, -0.15) is 0 Å². The normalized spacial score (nSPS) is 10.4. The molecule has 1 N–H and O–H groups in total. The maximum Gasteiger partial charge on any atom is 0.303 e. The molecule has 0 aliphatic heterocycles. The van der Waals surface area contributed by atoms with Crippen molar-refractivity contribution in [2.45, 2.75) is 32.1 Å². The number of benzene rings is 1. The van der Waals surface area contributed by atoms with Crippen LogP contribution in [0.3, 0.4) is 0 Å². The maximum absolute atomic E-state index is 13.1. The van der Waals surface area contributed by atoms with Crippen molar-refractivity contribution >= 4 is 5.97 Å². The molecule has 88 valence electrons. The van der Waals surface area contributed by atoms with Gasteiger partial charge in [0.05, 0.1) is 0 Å². The Labute approximate surface area is 92.9 Å². The van der Waals surface area contributed by atoms with Crippen molar-refractivity contribution in [3.63, 3.8) is 0 Å². The molecule has 0 spiro atoms. The predicted molar refractivity (Wildman–Crippen MR) is 56.2 cm³/mol. The van der Waals surface area contributed by atoms with E-state index in [1.54, 1.807) is 0 Å². The minimum absolute atomic E-state index is 0.131. The van der Waals surface area contributed by atoms with Crippen LogP contribution < -0.4 is 0 Å². The number of hydrogen-bond acceptors (Lipinski definition) is 1. The fourth-order valence-electron chi connectivity index (χ4n) is 1.50. The Kier molecular flexibility index (Phi) is 4.89. The summed E-state index contributed by atoms with van der Waals surface area (Å²) in [6, 6.07) is 3.39. The Morgan fingerprint density at radius 1 is 1.19 bits per heavy atom. The van der Waals surface area contributed by atoms with Gasteiger partial charge in [-0.1, -0.05) is 6.42 Å². The molecule has 0 aliphatic carbocycles. The first kappa shape index (κ1) is 12.6. The predicted octanol–water partition coefficient (Wildman–Crippen LogP) is 3.15. The lowest BCUT2D eigenvalue weighted by Crippen LogP contribution is -1.95. The fourth-order valence-corrected chi connectivity index (χ4v) is 1.50. The van der Waals surface area contributed by atoms with E-state index in [-0.39, 0.29) is 6.42 Å². The first-order valence-electron chi connectivity index (χ1n) is 5.25. The molecule has 1 aromatic rings. The molecular weight excluding hydrogens is 214 g/mol. The molecule has 0 saturated carbocycles. The summed E-state index contributed by atoms with van der Waals surface area (Å²) < 4.78 is 25.9. The summed E-state index contributed by atoms with van der Waals surface area (Å²) in [5.41, 5.74) is 0.357. The number of hydrogen-bond donors (Lipinski definition) is 1. The monoisotopic (exact) mass is 228 g/mol. The van der Waals surface area contributed by atoms with E-state index >= 15 is 0 Å². The van der Waals surface area contributed by atoms with Crippen LogP contribution >= 0.6 is 0 Å². The van der Waals surface area contributed by atoms with Crippen LogP contribution in [-0.4, -0.2) is 11.1 Å². The molecule has 0 fully saturated rings. The van der Waals surface area contributed by atoms with Crippen LogP contribution in [0.25, 0.3) is 0 Å². The van der Waals surface area contributed by atoms with Gasteiger partial charge in [0, 0.05) is 6.42 Å². The highest BCUT2D eigenvalue weighted by Crippen LogP contribution is 2.13. The van der Waals surface area contributed by atoms with Gasteiger partial charge in [0.15, 0.2) is 0 Å². The largest absolute Gasteiger partial charge is 0.481 e. The van der Waals surface area contributed by atoms with Crippen LogP contribution in [0.4, 0.5) is 8.78 Å². The zero-order chi connectivity index (χ0) is 12.0. The Morgan fingerprint density at radius 3 is 2.62 bits per heavy atom. The summed E-state index contributed by atoms with van der Waals surface area (Å²) >= 11 is 0. The molecule has 0 bridgehead atoms. The summed E-state index contributed by atoms with van der Waals surface area (Å²) in [5, 5.41) is 8.40. The summed E-state index contributed by atoms with van der Waals surface area (Å²) in [7, 11) is 0. The number of unbranched alkanes of at least 4 members (excludes halogenated alkanes) is 2. The maximum atomic E-state index is 13.1. The van der Waals surface area contributed by atoms with Gasteiger partial charge in [-0.25, -0.2) is 8.78 Å². The average Bonchev–Trinajstić information content (AvgIpc) is 2.22. The number of carboxylic acid groups (broad SMARTS) is 1. The first-order chi connectivity index (χ1) is 7.59. The Balaban J connectivity index is 2.31. The van der Waals surface area contributed by atoms with Gasteiger partial charge in [-0.3, -0.25) is 4.79 Å². The second-order valence-corrected chi connectivity index (χ2v) is 3.69. The van der Waals surface area contributed by atoms with Crippen molar-refractivity contribution < 1.29 is 18.7 Å². The van der Waals surface area contributed by atoms with Gasteiger partial charge in [-0.05, 0) is 43.0 Å². The fraction of sp³-hybridized carbons (Fsp3) is 0.417. The Hall–Kier alpha value is -1.45. The van der Waals surface area contributed by atoms with Crippen molar-refractivity contribution in [2.24, 2.45) is 0 Å². The van der Waals surface area contributed by atoms with Gasteiger partial charge in [0.2, 0.25) is 0 Å². The van der Waals surface area contributed by atoms with Crippen LogP contribution in [0.2, 0.25) is 0 Å². The van der Waals surface area contributed by atoms with E-state index in [4.69, 9.17) is 5.11 Å². The lowest BCUT2D eigenvalue weighted by Gasteiger charge is -2.03. The van der Waals surface area contributed by atoms with Crippen molar-refractivity contribution in [3.05, 3.63) is 35.4 Å². The highest BCUT2D eigenvalue weighted by Gasteiger charge is 2.03. The number of rotatable bonds is 6. The molecule has 0 saturated heterocycles. The second-order valence-electron chi connectivity index (χ2n) is 3.69. The van der Waals surface area contributed by atoms with Gasteiger partial charge < -0.3 is 5.11 Å². The Bertz CT molecular complexity index is 364. The molecule has 1 rings (SSSR count). The molecule has 1 aromatic carbocycles. The molecule has 0 heterocycles. The highest BCUT2D eigenvalue weighted by molar-refractivity contribution is 5.66. The standard InChI is InChI=1S/C12H14F2O2/c13-10-6-7-11(14)9(8-10)4-2-1-3-5-12(15)16/h6-8H,1-5H2,(H,15,16). The van der Waals surface area contributed by atoms with Crippen LogP contribution in [0.5, 0.6) is 0 Å². The average molecular weight is 228 g/mol. The summed E-state index contributed by atoms with van der Waals surface area (Å²) in [5.74, 6) is -1.67. The summed E-state index contributed by atoms with van der Waals surface area (Å²) in [6.07, 6.45) is 2.54. The molecule has 0 aliphatic rings. The number of aryl methyl sites for hydroxylation is 1. The highest BCUT2D eigenvalue weighted by atomic mass is 19.1. The van der Waals surface area contributed by atoms with E-state index in [0.717, 1.165) is 12.1 Å². The molecule has 0 radical (unpaired) electrons. The lowest BCUT2D eigenvalue weighted by molar-refractivity contribution is -0.137. The molecule has 0 atom stereocenters. The third-order valence-corrected chi connectivity index (χ3v) is 2.34. The minimum Gasteiger partial charge on any atom is -0.481 e. The van der Waals surface area contributed by atoms with Crippen molar-refractivity contribution in [3.8, 4) is 0 Å².